The Kier molecular flexibility index (Phi) is 5.96. The van der Waals surface area contributed by atoms with E-state index in [0.717, 1.165) is 32.1 Å². The standard InChI is InChI=1S/C26H31N3O3/c30-24(28-21-8-2-3-9-21)17-22-16-19-6-1-4-10-23(19)26(32-22)11-14-29(15-12-26)25(31)20-7-5-13-27-18-20/h1,4-7,10,13,18,21-22H,2-3,8-9,11-12,14-17H2,(H,28,30). The van der Waals surface area contributed by atoms with E-state index in [1.54, 1.807) is 18.5 Å². The number of rotatable bonds is 4. The van der Waals surface area contributed by atoms with Crippen molar-refractivity contribution in [2.75, 3.05) is 13.1 Å². The number of hydrogen-bond acceptors (Lipinski definition) is 4. The molecule has 1 unspecified atom stereocenters. The molecule has 3 aliphatic rings. The zero-order valence-corrected chi connectivity index (χ0v) is 18.5. The van der Waals surface area contributed by atoms with Crippen LogP contribution in [-0.2, 0) is 21.6 Å². The van der Waals surface area contributed by atoms with Gasteiger partial charge >= 0.3 is 0 Å². The first-order valence-corrected chi connectivity index (χ1v) is 11.9. The van der Waals surface area contributed by atoms with Gasteiger partial charge in [0.2, 0.25) is 5.91 Å². The first-order chi connectivity index (χ1) is 15.6. The summed E-state index contributed by atoms with van der Waals surface area (Å²) in [6.45, 7) is 1.26. The highest BCUT2D eigenvalue weighted by Gasteiger charge is 2.44. The molecular formula is C26H31N3O3. The summed E-state index contributed by atoms with van der Waals surface area (Å²) < 4.78 is 6.70. The Balaban J connectivity index is 1.29. The van der Waals surface area contributed by atoms with Crippen molar-refractivity contribution in [2.24, 2.45) is 0 Å². The van der Waals surface area contributed by atoms with E-state index in [4.69, 9.17) is 4.74 Å². The number of amides is 2. The van der Waals surface area contributed by atoms with Crippen LogP contribution >= 0.6 is 0 Å². The Labute approximate surface area is 189 Å². The average Bonchev–Trinajstić information content (AvgIpc) is 3.33. The van der Waals surface area contributed by atoms with Gasteiger partial charge < -0.3 is 15.0 Å². The lowest BCUT2D eigenvalue weighted by Gasteiger charge is -2.47. The van der Waals surface area contributed by atoms with Gasteiger partial charge in [-0.1, -0.05) is 37.1 Å². The summed E-state index contributed by atoms with van der Waals surface area (Å²) in [4.78, 5) is 31.6. The zero-order chi connectivity index (χ0) is 22.0. The van der Waals surface area contributed by atoms with Crippen molar-refractivity contribution in [2.45, 2.75) is 69.1 Å². The minimum atomic E-state index is -0.432. The van der Waals surface area contributed by atoms with Crippen molar-refractivity contribution in [3.8, 4) is 0 Å². The Morgan fingerprint density at radius 1 is 1.09 bits per heavy atom. The lowest BCUT2D eigenvalue weighted by molar-refractivity contribution is -0.148. The number of carbonyl (C=O) groups excluding carboxylic acids is 2. The highest BCUT2D eigenvalue weighted by atomic mass is 16.5. The predicted molar refractivity (Wildman–Crippen MR) is 121 cm³/mol. The van der Waals surface area contributed by atoms with E-state index >= 15 is 0 Å². The van der Waals surface area contributed by atoms with Crippen molar-refractivity contribution < 1.29 is 14.3 Å². The van der Waals surface area contributed by atoms with Gasteiger partial charge in [-0.15, -0.1) is 0 Å². The summed E-state index contributed by atoms with van der Waals surface area (Å²) in [5.41, 5.74) is 2.68. The fourth-order valence-corrected chi connectivity index (χ4v) is 5.62. The van der Waals surface area contributed by atoms with Crippen molar-refractivity contribution in [3.63, 3.8) is 0 Å². The number of nitrogens with one attached hydrogen (secondary N) is 1. The first kappa shape index (κ1) is 21.1. The quantitative estimate of drug-likeness (QED) is 0.800. The van der Waals surface area contributed by atoms with Crippen LogP contribution in [0, 0.1) is 0 Å². The normalized spacial score (nSPS) is 22.5. The van der Waals surface area contributed by atoms with Crippen LogP contribution in [0.15, 0.2) is 48.8 Å². The highest BCUT2D eigenvalue weighted by Crippen LogP contribution is 2.44. The number of hydrogen-bond donors (Lipinski definition) is 1. The Morgan fingerprint density at radius 3 is 2.62 bits per heavy atom. The van der Waals surface area contributed by atoms with Gasteiger partial charge in [0, 0.05) is 31.5 Å². The largest absolute Gasteiger partial charge is 0.366 e. The second-order valence-corrected chi connectivity index (χ2v) is 9.38. The van der Waals surface area contributed by atoms with Gasteiger partial charge in [0.15, 0.2) is 0 Å². The van der Waals surface area contributed by atoms with Gasteiger partial charge in [-0.25, -0.2) is 0 Å². The van der Waals surface area contributed by atoms with E-state index in [2.05, 4.69) is 34.6 Å². The molecule has 0 radical (unpaired) electrons. The number of nitrogens with zero attached hydrogens (tertiary/aromatic N) is 2. The van der Waals surface area contributed by atoms with Crippen LogP contribution in [0.4, 0.5) is 0 Å². The van der Waals surface area contributed by atoms with Gasteiger partial charge in [0.05, 0.1) is 23.7 Å². The summed E-state index contributed by atoms with van der Waals surface area (Å²) in [6.07, 6.45) is 10.4. The van der Waals surface area contributed by atoms with Gasteiger partial charge in [-0.05, 0) is 55.4 Å². The number of fused-ring (bicyclic) bond motifs is 2. The Bertz CT molecular complexity index is 963. The maximum atomic E-state index is 12.9. The molecule has 1 saturated heterocycles. The third-order valence-corrected chi connectivity index (χ3v) is 7.25. The summed E-state index contributed by atoms with van der Waals surface area (Å²) in [6, 6.07) is 12.4. The van der Waals surface area contributed by atoms with E-state index in [1.807, 2.05) is 11.0 Å². The van der Waals surface area contributed by atoms with E-state index < -0.39 is 5.60 Å². The number of piperidine rings is 1. The molecule has 2 aliphatic heterocycles. The molecule has 2 amide bonds. The molecule has 1 N–H and O–H groups in total. The fourth-order valence-electron chi connectivity index (χ4n) is 5.62. The minimum Gasteiger partial charge on any atom is -0.366 e. The van der Waals surface area contributed by atoms with Crippen LogP contribution in [0.2, 0.25) is 0 Å². The van der Waals surface area contributed by atoms with Crippen LogP contribution in [0.25, 0.3) is 0 Å². The topological polar surface area (TPSA) is 71.5 Å². The molecule has 6 heteroatoms. The monoisotopic (exact) mass is 433 g/mol. The van der Waals surface area contributed by atoms with Crippen LogP contribution in [0.1, 0.15) is 66.4 Å². The first-order valence-electron chi connectivity index (χ1n) is 11.9. The van der Waals surface area contributed by atoms with E-state index in [9.17, 15) is 9.59 Å². The predicted octanol–water partition coefficient (Wildman–Crippen LogP) is 3.60. The van der Waals surface area contributed by atoms with Crippen LogP contribution in [0.5, 0.6) is 0 Å². The molecule has 1 aliphatic carbocycles. The smallest absolute Gasteiger partial charge is 0.255 e. The van der Waals surface area contributed by atoms with Gasteiger partial charge in [0.25, 0.3) is 5.91 Å². The number of ether oxygens (including phenoxy) is 1. The second-order valence-electron chi connectivity index (χ2n) is 9.38. The van der Waals surface area contributed by atoms with Crippen molar-refractivity contribution in [1.29, 1.82) is 0 Å². The minimum absolute atomic E-state index is 0.0181. The Hall–Kier alpha value is -2.73. The SMILES string of the molecule is O=C(CC1Cc2ccccc2C2(CCN(C(=O)c3cccnc3)CC2)O1)NC1CCCC1. The molecule has 168 valence electrons. The van der Waals surface area contributed by atoms with Crippen molar-refractivity contribution in [3.05, 3.63) is 65.5 Å². The zero-order valence-electron chi connectivity index (χ0n) is 18.5. The number of likely N-dealkylation sites (tertiary alicyclic amines) is 1. The molecule has 1 atom stereocenters. The molecule has 5 rings (SSSR count). The molecule has 0 bridgehead atoms. The summed E-state index contributed by atoms with van der Waals surface area (Å²) in [5, 5.41) is 3.20. The molecule has 32 heavy (non-hydrogen) atoms. The van der Waals surface area contributed by atoms with Gasteiger partial charge in [-0.3, -0.25) is 14.6 Å². The molecule has 1 spiro atoms. The van der Waals surface area contributed by atoms with E-state index in [1.165, 1.54) is 24.0 Å². The van der Waals surface area contributed by atoms with Crippen molar-refractivity contribution in [1.82, 2.24) is 15.2 Å². The molecule has 2 aromatic rings. The third kappa shape index (κ3) is 4.29. The lowest BCUT2D eigenvalue weighted by Crippen LogP contribution is -2.51. The average molecular weight is 434 g/mol. The van der Waals surface area contributed by atoms with E-state index in [0.29, 0.717) is 31.1 Å². The number of aromatic nitrogens is 1. The van der Waals surface area contributed by atoms with Crippen LogP contribution in [0.3, 0.4) is 0 Å². The summed E-state index contributed by atoms with van der Waals surface area (Å²) in [7, 11) is 0. The lowest BCUT2D eigenvalue weighted by atomic mass is 9.77. The molecule has 1 aromatic heterocycles. The van der Waals surface area contributed by atoms with Crippen molar-refractivity contribution >= 4 is 11.8 Å². The number of benzene rings is 1. The number of pyridine rings is 1. The molecule has 2 fully saturated rings. The second kappa shape index (κ2) is 9.02. The van der Waals surface area contributed by atoms with Crippen LogP contribution < -0.4 is 5.32 Å². The molecule has 1 saturated carbocycles. The molecule has 6 nitrogen and oxygen atoms in total. The summed E-state index contributed by atoms with van der Waals surface area (Å²) in [5.74, 6) is 0.116. The Morgan fingerprint density at radius 2 is 1.88 bits per heavy atom. The maximum absolute atomic E-state index is 12.9. The third-order valence-electron chi connectivity index (χ3n) is 7.25. The molecular weight excluding hydrogens is 402 g/mol. The fraction of sp³-hybridized carbons (Fsp3) is 0.500. The van der Waals surface area contributed by atoms with E-state index in [-0.39, 0.29) is 17.9 Å². The summed E-state index contributed by atoms with van der Waals surface area (Å²) >= 11 is 0. The van der Waals surface area contributed by atoms with Crippen LogP contribution in [-0.4, -0.2) is 46.9 Å². The number of carbonyl (C=O) groups is 2. The van der Waals surface area contributed by atoms with Gasteiger partial charge in [0.1, 0.15) is 0 Å². The van der Waals surface area contributed by atoms with Gasteiger partial charge in [-0.2, -0.15) is 0 Å². The maximum Gasteiger partial charge on any atom is 0.255 e. The molecule has 3 heterocycles. The molecule has 1 aromatic carbocycles. The highest BCUT2D eigenvalue weighted by molar-refractivity contribution is 5.93.